The number of carbonyl (C=O) groups is 1. The number of aromatic nitrogens is 1. The molecule has 78 valence electrons. The molecule has 0 unspecified atom stereocenters. The Kier molecular flexibility index (Phi) is 3.06. The van der Waals surface area contributed by atoms with Crippen LogP contribution in [0, 0.1) is 0 Å². The molecule has 0 spiro atoms. The summed E-state index contributed by atoms with van der Waals surface area (Å²) in [5.41, 5.74) is 5.81. The van der Waals surface area contributed by atoms with Crippen molar-refractivity contribution in [3.05, 3.63) is 11.1 Å². The number of hydrogen-bond acceptors (Lipinski definition) is 6. The number of nitrogens with one attached hydrogen (secondary N) is 1. The van der Waals surface area contributed by atoms with E-state index in [9.17, 15) is 13.2 Å². The van der Waals surface area contributed by atoms with Gasteiger partial charge in [-0.1, -0.05) is 0 Å². The molecule has 0 saturated carbocycles. The molecule has 0 bridgehead atoms. The highest BCUT2D eigenvalue weighted by Crippen LogP contribution is 2.11. The lowest BCUT2D eigenvalue weighted by Gasteiger charge is -1.99. The Morgan fingerprint density at radius 2 is 2.36 bits per heavy atom. The number of rotatable bonds is 3. The summed E-state index contributed by atoms with van der Waals surface area (Å²) >= 11 is 1.20. The van der Waals surface area contributed by atoms with Gasteiger partial charge >= 0.3 is 0 Å². The van der Waals surface area contributed by atoms with Gasteiger partial charge in [0.15, 0.2) is 5.13 Å². The van der Waals surface area contributed by atoms with Crippen LogP contribution in [-0.4, -0.2) is 25.6 Å². The number of nitrogens with zero attached hydrogens (tertiary/aromatic N) is 1. The van der Waals surface area contributed by atoms with Gasteiger partial charge in [-0.25, -0.2) is 13.4 Å². The zero-order chi connectivity index (χ0) is 10.8. The van der Waals surface area contributed by atoms with Crippen molar-refractivity contribution in [2.75, 3.05) is 12.0 Å². The second kappa shape index (κ2) is 3.93. The molecule has 0 saturated heterocycles. The van der Waals surface area contributed by atoms with Crippen LogP contribution in [-0.2, 0) is 21.2 Å². The molecule has 1 heterocycles. The summed E-state index contributed by atoms with van der Waals surface area (Å²) in [5, 5.41) is 1.96. The van der Waals surface area contributed by atoms with Gasteiger partial charge in [0.1, 0.15) is 0 Å². The molecule has 14 heavy (non-hydrogen) atoms. The van der Waals surface area contributed by atoms with E-state index in [4.69, 9.17) is 5.73 Å². The first-order valence-electron chi connectivity index (χ1n) is 3.57. The molecule has 6 nitrogen and oxygen atoms in total. The first-order valence-corrected chi connectivity index (χ1v) is 6.34. The zero-order valence-electron chi connectivity index (χ0n) is 7.35. The third-order valence-electron chi connectivity index (χ3n) is 1.21. The lowest BCUT2D eigenvalue weighted by atomic mass is 10.3. The molecule has 0 aliphatic carbocycles. The largest absolute Gasteiger partial charge is 0.375 e. The number of carbonyl (C=O) groups excluding carboxylic acids is 1. The van der Waals surface area contributed by atoms with Crippen molar-refractivity contribution in [1.29, 1.82) is 0 Å². The second-order valence-electron chi connectivity index (χ2n) is 2.65. The number of sulfonamides is 1. The molecular formula is C6H9N3O3S2. The van der Waals surface area contributed by atoms with Crippen LogP contribution in [0.2, 0.25) is 0 Å². The molecule has 0 aliphatic rings. The lowest BCUT2D eigenvalue weighted by molar-refractivity contribution is -0.118. The summed E-state index contributed by atoms with van der Waals surface area (Å²) in [7, 11) is -3.49. The fourth-order valence-corrected chi connectivity index (χ4v) is 1.86. The Morgan fingerprint density at radius 3 is 2.79 bits per heavy atom. The molecule has 3 N–H and O–H groups in total. The van der Waals surface area contributed by atoms with Gasteiger partial charge in [-0.15, -0.1) is 11.3 Å². The summed E-state index contributed by atoms with van der Waals surface area (Å²) in [5.74, 6) is -0.613. The van der Waals surface area contributed by atoms with Crippen molar-refractivity contribution in [2.45, 2.75) is 6.42 Å². The van der Waals surface area contributed by atoms with E-state index in [2.05, 4.69) is 4.98 Å². The summed E-state index contributed by atoms with van der Waals surface area (Å²) < 4.78 is 23.2. The molecule has 0 atom stereocenters. The van der Waals surface area contributed by atoms with Crippen LogP contribution in [0.5, 0.6) is 0 Å². The van der Waals surface area contributed by atoms with Crippen LogP contribution in [0.1, 0.15) is 5.69 Å². The number of nitrogens with two attached hydrogens (primary N) is 1. The molecular weight excluding hydrogens is 226 g/mol. The van der Waals surface area contributed by atoms with Gasteiger partial charge in [0.05, 0.1) is 18.4 Å². The third-order valence-corrected chi connectivity index (χ3v) is 2.53. The molecule has 0 aromatic carbocycles. The van der Waals surface area contributed by atoms with E-state index in [-0.39, 0.29) is 6.42 Å². The number of nitrogen functional groups attached to an aromatic ring is 1. The molecule has 1 aromatic heterocycles. The van der Waals surface area contributed by atoms with E-state index >= 15 is 0 Å². The van der Waals surface area contributed by atoms with Crippen LogP contribution in [0.15, 0.2) is 5.38 Å². The van der Waals surface area contributed by atoms with Gasteiger partial charge in [-0.2, -0.15) is 0 Å². The highest BCUT2D eigenvalue weighted by Gasteiger charge is 2.10. The van der Waals surface area contributed by atoms with E-state index < -0.39 is 15.9 Å². The lowest BCUT2D eigenvalue weighted by Crippen LogP contribution is -2.30. The standard InChI is InChI=1S/C6H9N3O3S2/c1-14(11,12)9-5(10)2-4-3-13-6(7)8-4/h3H,2H2,1H3,(H2,7,8)(H,9,10). The van der Waals surface area contributed by atoms with Crippen LogP contribution in [0.3, 0.4) is 0 Å². The average Bonchev–Trinajstić information content (AvgIpc) is 2.30. The van der Waals surface area contributed by atoms with Crippen molar-refractivity contribution >= 4 is 32.4 Å². The molecule has 0 aliphatic heterocycles. The summed E-state index contributed by atoms with van der Waals surface area (Å²) in [6, 6.07) is 0. The Bertz CT molecular complexity index is 437. The monoisotopic (exact) mass is 235 g/mol. The van der Waals surface area contributed by atoms with E-state index in [1.165, 1.54) is 11.3 Å². The van der Waals surface area contributed by atoms with Crippen molar-refractivity contribution in [3.63, 3.8) is 0 Å². The van der Waals surface area contributed by atoms with Crippen LogP contribution < -0.4 is 10.5 Å². The Morgan fingerprint density at radius 1 is 1.71 bits per heavy atom. The van der Waals surface area contributed by atoms with Crippen molar-refractivity contribution < 1.29 is 13.2 Å². The third kappa shape index (κ3) is 3.71. The van der Waals surface area contributed by atoms with Crippen LogP contribution in [0.25, 0.3) is 0 Å². The predicted molar refractivity (Wildman–Crippen MR) is 53.2 cm³/mol. The van der Waals surface area contributed by atoms with E-state index in [1.807, 2.05) is 4.72 Å². The quantitative estimate of drug-likeness (QED) is 0.724. The SMILES string of the molecule is CS(=O)(=O)NC(=O)Cc1csc(N)n1. The first-order chi connectivity index (χ1) is 6.37. The fraction of sp³-hybridized carbons (Fsp3) is 0.333. The topological polar surface area (TPSA) is 102 Å². The number of thiazole rings is 1. The molecule has 0 fully saturated rings. The van der Waals surface area contributed by atoms with Gasteiger partial charge in [-0.05, 0) is 0 Å². The van der Waals surface area contributed by atoms with Crippen molar-refractivity contribution in [1.82, 2.24) is 9.71 Å². The Labute approximate surface area is 85.2 Å². The van der Waals surface area contributed by atoms with Crippen molar-refractivity contribution in [3.8, 4) is 0 Å². The maximum atomic E-state index is 11.1. The van der Waals surface area contributed by atoms with Crippen LogP contribution >= 0.6 is 11.3 Å². The summed E-state index contributed by atoms with van der Waals surface area (Å²) in [6.45, 7) is 0. The van der Waals surface area contributed by atoms with E-state index in [0.29, 0.717) is 10.8 Å². The number of anilines is 1. The molecule has 1 amide bonds. The fourth-order valence-electron chi connectivity index (χ4n) is 0.811. The smallest absolute Gasteiger partial charge is 0.239 e. The van der Waals surface area contributed by atoms with E-state index in [0.717, 1.165) is 6.26 Å². The minimum absolute atomic E-state index is 0.0826. The van der Waals surface area contributed by atoms with E-state index in [1.54, 1.807) is 5.38 Å². The molecule has 8 heteroatoms. The maximum Gasteiger partial charge on any atom is 0.239 e. The molecule has 0 radical (unpaired) electrons. The number of hydrogen-bond donors (Lipinski definition) is 2. The van der Waals surface area contributed by atoms with Gasteiger partial charge in [-0.3, -0.25) is 9.52 Å². The Hall–Kier alpha value is -1.15. The summed E-state index contributed by atoms with van der Waals surface area (Å²) in [4.78, 5) is 14.9. The average molecular weight is 235 g/mol. The highest BCUT2D eigenvalue weighted by molar-refractivity contribution is 7.89. The summed E-state index contributed by atoms with van der Waals surface area (Å²) in [6.07, 6.45) is 0.834. The molecule has 1 aromatic rings. The second-order valence-corrected chi connectivity index (χ2v) is 5.29. The van der Waals surface area contributed by atoms with Crippen molar-refractivity contribution in [2.24, 2.45) is 0 Å². The normalized spacial score (nSPS) is 11.2. The maximum absolute atomic E-state index is 11.1. The number of amides is 1. The van der Waals surface area contributed by atoms with Crippen LogP contribution in [0.4, 0.5) is 5.13 Å². The Balaban J connectivity index is 2.58. The first kappa shape index (κ1) is 10.9. The minimum Gasteiger partial charge on any atom is -0.375 e. The van der Waals surface area contributed by atoms with Gasteiger partial charge < -0.3 is 5.73 Å². The highest BCUT2D eigenvalue weighted by atomic mass is 32.2. The van der Waals surface area contributed by atoms with Gasteiger partial charge in [0.2, 0.25) is 15.9 Å². The predicted octanol–water partition coefficient (Wildman–Crippen LogP) is -0.656. The van der Waals surface area contributed by atoms with Gasteiger partial charge in [0, 0.05) is 5.38 Å². The zero-order valence-corrected chi connectivity index (χ0v) is 8.98. The van der Waals surface area contributed by atoms with Gasteiger partial charge in [0.25, 0.3) is 0 Å². The minimum atomic E-state index is -3.49. The molecule has 1 rings (SSSR count).